The number of carbonyl (C=O) groups is 2. The molecule has 7 heteroatoms. The van der Waals surface area contributed by atoms with Crippen molar-refractivity contribution in [2.45, 2.75) is 38.5 Å². The lowest BCUT2D eigenvalue weighted by atomic mass is 9.77. The Morgan fingerprint density at radius 1 is 1.12 bits per heavy atom. The number of nitrogens with zero attached hydrogens (tertiary/aromatic N) is 1. The number of aromatic nitrogens is 1. The van der Waals surface area contributed by atoms with Gasteiger partial charge in [0.05, 0.1) is 5.52 Å². The average molecular weight is 373 g/mol. The van der Waals surface area contributed by atoms with Crippen molar-refractivity contribution in [3.63, 3.8) is 0 Å². The Kier molecular flexibility index (Phi) is 4.80. The van der Waals surface area contributed by atoms with Gasteiger partial charge in [0.1, 0.15) is 0 Å². The van der Waals surface area contributed by atoms with Crippen LogP contribution in [-0.2, 0) is 9.59 Å². The number of nitrogens with one attached hydrogen (secondary N) is 2. The largest absolute Gasteiger partial charge is 0.429 e. The second kappa shape index (κ2) is 7.23. The van der Waals surface area contributed by atoms with E-state index in [1.165, 1.54) is 0 Å². The molecular formula is C19H23N3O3S. The SMILES string of the molecule is O=C(Nc1ccc2[nH]c(=S)oc2c1)[C@H]1CCCC[C@H]1C(=O)N1CCCC1. The highest BCUT2D eigenvalue weighted by molar-refractivity contribution is 7.71. The summed E-state index contributed by atoms with van der Waals surface area (Å²) in [5.74, 6) is -0.364. The fourth-order valence-electron chi connectivity index (χ4n) is 4.17. The van der Waals surface area contributed by atoms with Crippen molar-refractivity contribution in [3.05, 3.63) is 23.0 Å². The van der Waals surface area contributed by atoms with Gasteiger partial charge in [-0.25, -0.2) is 0 Å². The van der Waals surface area contributed by atoms with E-state index in [9.17, 15) is 9.59 Å². The van der Waals surface area contributed by atoms with E-state index in [1.807, 2.05) is 17.0 Å². The lowest BCUT2D eigenvalue weighted by Gasteiger charge is -2.32. The van der Waals surface area contributed by atoms with Gasteiger partial charge in [-0.3, -0.25) is 9.59 Å². The molecule has 2 heterocycles. The zero-order valence-electron chi connectivity index (χ0n) is 14.6. The molecule has 0 radical (unpaired) electrons. The van der Waals surface area contributed by atoms with Crippen LogP contribution in [0.2, 0.25) is 0 Å². The molecule has 1 saturated heterocycles. The number of fused-ring (bicyclic) bond motifs is 1. The smallest absolute Gasteiger partial charge is 0.266 e. The third-order valence-electron chi connectivity index (χ3n) is 5.53. The third kappa shape index (κ3) is 3.40. The molecule has 2 aromatic rings. The first-order valence-corrected chi connectivity index (χ1v) is 9.75. The van der Waals surface area contributed by atoms with Crippen LogP contribution in [0.5, 0.6) is 0 Å². The molecule has 6 nitrogen and oxygen atoms in total. The maximum Gasteiger partial charge on any atom is 0.266 e. The number of carbonyl (C=O) groups excluding carboxylic acids is 2. The van der Waals surface area contributed by atoms with Crippen molar-refractivity contribution in [3.8, 4) is 0 Å². The van der Waals surface area contributed by atoms with Gasteiger partial charge >= 0.3 is 0 Å². The summed E-state index contributed by atoms with van der Waals surface area (Å²) >= 11 is 4.99. The van der Waals surface area contributed by atoms with E-state index in [4.69, 9.17) is 16.6 Å². The van der Waals surface area contributed by atoms with E-state index >= 15 is 0 Å². The van der Waals surface area contributed by atoms with Crippen LogP contribution in [0.4, 0.5) is 5.69 Å². The summed E-state index contributed by atoms with van der Waals surface area (Å²) < 4.78 is 5.41. The Morgan fingerprint density at radius 2 is 1.85 bits per heavy atom. The first-order chi connectivity index (χ1) is 12.6. The molecule has 2 fully saturated rings. The maximum absolute atomic E-state index is 12.9. The highest BCUT2D eigenvalue weighted by Crippen LogP contribution is 2.33. The minimum absolute atomic E-state index is 0.0734. The molecule has 4 rings (SSSR count). The van der Waals surface area contributed by atoms with Crippen LogP contribution in [0.1, 0.15) is 38.5 Å². The molecule has 1 aliphatic carbocycles. The first-order valence-electron chi connectivity index (χ1n) is 9.34. The van der Waals surface area contributed by atoms with E-state index in [2.05, 4.69) is 10.3 Å². The molecule has 1 saturated carbocycles. The molecule has 1 aromatic carbocycles. The summed E-state index contributed by atoms with van der Waals surface area (Å²) in [6, 6.07) is 5.42. The van der Waals surface area contributed by atoms with E-state index in [0.29, 0.717) is 16.1 Å². The van der Waals surface area contributed by atoms with Crippen molar-refractivity contribution < 1.29 is 14.0 Å². The Hall–Kier alpha value is -2.15. The van der Waals surface area contributed by atoms with Gasteiger partial charge in [-0.05, 0) is 50.0 Å². The lowest BCUT2D eigenvalue weighted by Crippen LogP contribution is -2.42. The highest BCUT2D eigenvalue weighted by atomic mass is 32.1. The summed E-state index contributed by atoms with van der Waals surface area (Å²) in [5.41, 5.74) is 2.08. The molecule has 0 unspecified atom stereocenters. The zero-order chi connectivity index (χ0) is 18.1. The quantitative estimate of drug-likeness (QED) is 0.801. The second-order valence-corrected chi connectivity index (χ2v) is 7.62. The number of benzene rings is 1. The van der Waals surface area contributed by atoms with E-state index in [0.717, 1.165) is 57.1 Å². The van der Waals surface area contributed by atoms with Gasteiger partial charge in [0, 0.05) is 36.7 Å². The molecule has 0 bridgehead atoms. The summed E-state index contributed by atoms with van der Waals surface area (Å²) in [6.07, 6.45) is 5.72. The predicted octanol–water partition coefficient (Wildman–Crippen LogP) is 3.86. The fourth-order valence-corrected chi connectivity index (χ4v) is 4.37. The third-order valence-corrected chi connectivity index (χ3v) is 5.71. The van der Waals surface area contributed by atoms with Crippen molar-refractivity contribution in [2.75, 3.05) is 18.4 Å². The summed E-state index contributed by atoms with van der Waals surface area (Å²) in [5, 5.41) is 2.97. The zero-order valence-corrected chi connectivity index (χ0v) is 15.4. The number of rotatable bonds is 3. The van der Waals surface area contributed by atoms with Crippen LogP contribution in [0.15, 0.2) is 22.6 Å². The van der Waals surface area contributed by atoms with E-state index in [1.54, 1.807) is 6.07 Å². The fraction of sp³-hybridized carbons (Fsp3) is 0.526. The van der Waals surface area contributed by atoms with Crippen molar-refractivity contribution >= 4 is 40.8 Å². The number of aromatic amines is 1. The van der Waals surface area contributed by atoms with Gasteiger partial charge < -0.3 is 19.6 Å². The van der Waals surface area contributed by atoms with E-state index < -0.39 is 0 Å². The Bertz CT molecular complexity index is 882. The van der Waals surface area contributed by atoms with Gasteiger partial charge in [0.2, 0.25) is 11.8 Å². The molecule has 1 aromatic heterocycles. The number of hydrogen-bond acceptors (Lipinski definition) is 4. The van der Waals surface area contributed by atoms with Crippen LogP contribution >= 0.6 is 12.2 Å². The minimum Gasteiger partial charge on any atom is -0.429 e. The lowest BCUT2D eigenvalue weighted by molar-refractivity contribution is -0.141. The molecule has 2 N–H and O–H groups in total. The predicted molar refractivity (Wildman–Crippen MR) is 101 cm³/mol. The molecule has 1 aliphatic heterocycles. The molecule has 26 heavy (non-hydrogen) atoms. The van der Waals surface area contributed by atoms with Gasteiger partial charge in [-0.1, -0.05) is 12.8 Å². The number of likely N-dealkylation sites (tertiary alicyclic amines) is 1. The number of oxazole rings is 1. The average Bonchev–Trinajstić information content (AvgIpc) is 3.29. The number of anilines is 1. The maximum atomic E-state index is 12.9. The second-order valence-electron chi connectivity index (χ2n) is 7.24. The number of hydrogen-bond donors (Lipinski definition) is 2. The topological polar surface area (TPSA) is 78.3 Å². The van der Waals surface area contributed by atoms with Gasteiger partial charge in [0.15, 0.2) is 5.58 Å². The summed E-state index contributed by atoms with van der Waals surface area (Å²) in [4.78, 5) is 30.9. The number of H-pyrrole nitrogens is 1. The number of amides is 2. The Morgan fingerprint density at radius 3 is 2.62 bits per heavy atom. The summed E-state index contributed by atoms with van der Waals surface area (Å²) in [6.45, 7) is 1.66. The van der Waals surface area contributed by atoms with Gasteiger partial charge in [-0.15, -0.1) is 0 Å². The highest BCUT2D eigenvalue weighted by Gasteiger charge is 2.38. The normalized spacial score (nSPS) is 23.3. The molecule has 138 valence electrons. The van der Waals surface area contributed by atoms with Gasteiger partial charge in [-0.2, -0.15) is 0 Å². The molecule has 2 aliphatic rings. The van der Waals surface area contributed by atoms with Crippen LogP contribution in [0.25, 0.3) is 11.1 Å². The van der Waals surface area contributed by atoms with Crippen LogP contribution in [-0.4, -0.2) is 34.8 Å². The first kappa shape index (κ1) is 17.3. The molecule has 2 atom stereocenters. The van der Waals surface area contributed by atoms with Crippen molar-refractivity contribution in [2.24, 2.45) is 11.8 Å². The van der Waals surface area contributed by atoms with Crippen molar-refractivity contribution in [1.82, 2.24) is 9.88 Å². The Balaban J connectivity index is 1.50. The van der Waals surface area contributed by atoms with E-state index in [-0.39, 0.29) is 23.7 Å². The van der Waals surface area contributed by atoms with Crippen LogP contribution in [0.3, 0.4) is 0 Å². The Labute approximate surface area is 156 Å². The van der Waals surface area contributed by atoms with Gasteiger partial charge in [0.25, 0.3) is 4.84 Å². The van der Waals surface area contributed by atoms with Crippen molar-refractivity contribution in [1.29, 1.82) is 0 Å². The standard InChI is InChI=1S/C19H23N3O3S/c23-17(20-12-7-8-15-16(11-12)25-19(26)21-15)13-5-1-2-6-14(13)18(24)22-9-3-4-10-22/h7-8,11,13-14H,1-6,9-10H2,(H,20,23)(H,21,26)/t13-,14+/m0/s1. The molecule has 0 spiro atoms. The molecular weight excluding hydrogens is 350 g/mol. The van der Waals surface area contributed by atoms with Crippen LogP contribution < -0.4 is 5.32 Å². The minimum atomic E-state index is -0.259. The monoisotopic (exact) mass is 373 g/mol. The molecule has 2 amide bonds. The van der Waals surface area contributed by atoms with Crippen LogP contribution in [0, 0.1) is 16.7 Å². The summed E-state index contributed by atoms with van der Waals surface area (Å²) in [7, 11) is 0.